The minimum atomic E-state index is 0.0711. The van der Waals surface area contributed by atoms with E-state index in [2.05, 4.69) is 4.90 Å². The minimum Gasteiger partial charge on any atom is -0.377 e. The smallest absolute Gasteiger partial charge is 0.225 e. The molecule has 0 aromatic heterocycles. The van der Waals surface area contributed by atoms with Crippen LogP contribution >= 0.6 is 0 Å². The lowest BCUT2D eigenvalue weighted by molar-refractivity contribution is -0.133. The van der Waals surface area contributed by atoms with Crippen molar-refractivity contribution in [2.24, 2.45) is 5.92 Å². The average Bonchev–Trinajstić information content (AvgIpc) is 3.06. The van der Waals surface area contributed by atoms with Gasteiger partial charge in [0.1, 0.15) is 0 Å². The van der Waals surface area contributed by atoms with Gasteiger partial charge in [-0.2, -0.15) is 0 Å². The number of carbonyl (C=O) groups excluding carboxylic acids is 1. The van der Waals surface area contributed by atoms with E-state index in [1.807, 2.05) is 18.7 Å². The number of hydrogen-bond donors (Lipinski definition) is 0. The number of amides is 1. The molecule has 0 spiro atoms. The van der Waals surface area contributed by atoms with Crippen molar-refractivity contribution in [3.63, 3.8) is 0 Å². The second kappa shape index (κ2) is 6.00. The van der Waals surface area contributed by atoms with Crippen LogP contribution in [0.5, 0.6) is 0 Å². The SMILES string of the molecule is CC(C)C(=O)N1C[C@@H]2OCCN(CC3CCCO3)[C@@H]2C1. The largest absolute Gasteiger partial charge is 0.377 e. The maximum absolute atomic E-state index is 12.2. The van der Waals surface area contributed by atoms with Crippen molar-refractivity contribution in [3.05, 3.63) is 0 Å². The van der Waals surface area contributed by atoms with Crippen LogP contribution in [0.4, 0.5) is 0 Å². The van der Waals surface area contributed by atoms with Gasteiger partial charge < -0.3 is 14.4 Å². The Hall–Kier alpha value is -0.650. The third kappa shape index (κ3) is 2.85. The quantitative estimate of drug-likeness (QED) is 0.765. The predicted octanol–water partition coefficient (Wildman–Crippen LogP) is 0.733. The first kappa shape index (κ1) is 14.3. The van der Waals surface area contributed by atoms with Gasteiger partial charge in [-0.15, -0.1) is 0 Å². The molecule has 3 rings (SSSR count). The molecular weight excluding hydrogens is 256 g/mol. The van der Waals surface area contributed by atoms with Gasteiger partial charge in [-0.05, 0) is 12.8 Å². The normalized spacial score (nSPS) is 34.8. The summed E-state index contributed by atoms with van der Waals surface area (Å²) in [7, 11) is 0. The number of rotatable bonds is 3. The van der Waals surface area contributed by atoms with Crippen LogP contribution in [-0.2, 0) is 14.3 Å². The van der Waals surface area contributed by atoms with Crippen molar-refractivity contribution in [1.29, 1.82) is 0 Å². The zero-order valence-electron chi connectivity index (χ0n) is 12.6. The van der Waals surface area contributed by atoms with E-state index < -0.39 is 0 Å². The van der Waals surface area contributed by atoms with E-state index in [0.29, 0.717) is 12.1 Å². The van der Waals surface area contributed by atoms with E-state index in [4.69, 9.17) is 9.47 Å². The van der Waals surface area contributed by atoms with Crippen LogP contribution in [-0.4, -0.2) is 73.3 Å². The van der Waals surface area contributed by atoms with Crippen LogP contribution in [0, 0.1) is 5.92 Å². The monoisotopic (exact) mass is 282 g/mol. The third-order valence-corrected chi connectivity index (χ3v) is 4.68. The summed E-state index contributed by atoms with van der Waals surface area (Å²) in [5, 5.41) is 0. The van der Waals surface area contributed by atoms with Crippen molar-refractivity contribution >= 4 is 5.91 Å². The van der Waals surface area contributed by atoms with Crippen LogP contribution in [0.3, 0.4) is 0 Å². The number of ether oxygens (including phenoxy) is 2. The third-order valence-electron chi connectivity index (χ3n) is 4.68. The van der Waals surface area contributed by atoms with E-state index >= 15 is 0 Å². The van der Waals surface area contributed by atoms with Crippen LogP contribution in [0.25, 0.3) is 0 Å². The molecule has 3 heterocycles. The minimum absolute atomic E-state index is 0.0711. The van der Waals surface area contributed by atoms with Gasteiger partial charge in [0.05, 0.1) is 24.9 Å². The standard InChI is InChI=1S/C15H26N2O3/c1-11(2)15(18)17-9-13-14(10-17)20-7-5-16(13)8-12-4-3-6-19-12/h11-14H,3-10H2,1-2H3/t12?,13-,14+/m1/s1. The highest BCUT2D eigenvalue weighted by Gasteiger charge is 2.42. The molecule has 0 bridgehead atoms. The molecule has 3 aliphatic heterocycles. The second-order valence-corrected chi connectivity index (χ2v) is 6.50. The molecule has 0 aromatic carbocycles. The molecule has 5 nitrogen and oxygen atoms in total. The fourth-order valence-corrected chi connectivity index (χ4v) is 3.58. The van der Waals surface area contributed by atoms with Gasteiger partial charge in [0.15, 0.2) is 0 Å². The van der Waals surface area contributed by atoms with Crippen molar-refractivity contribution in [2.45, 2.75) is 44.9 Å². The number of morpholine rings is 1. The lowest BCUT2D eigenvalue weighted by atomic mass is 10.1. The summed E-state index contributed by atoms with van der Waals surface area (Å²) >= 11 is 0. The number of fused-ring (bicyclic) bond motifs is 1. The van der Waals surface area contributed by atoms with Gasteiger partial charge in [0, 0.05) is 38.7 Å². The van der Waals surface area contributed by atoms with Gasteiger partial charge in [-0.3, -0.25) is 9.69 Å². The number of likely N-dealkylation sites (tertiary alicyclic amines) is 1. The highest BCUT2D eigenvalue weighted by Crippen LogP contribution is 2.25. The Bertz CT molecular complexity index is 355. The molecule has 0 radical (unpaired) electrons. The Balaban J connectivity index is 1.61. The van der Waals surface area contributed by atoms with Gasteiger partial charge in [-0.1, -0.05) is 13.8 Å². The molecule has 1 unspecified atom stereocenters. The van der Waals surface area contributed by atoms with E-state index in [9.17, 15) is 4.79 Å². The first-order valence-electron chi connectivity index (χ1n) is 7.91. The second-order valence-electron chi connectivity index (χ2n) is 6.50. The summed E-state index contributed by atoms with van der Waals surface area (Å²) in [5.74, 6) is 0.321. The van der Waals surface area contributed by atoms with Crippen LogP contribution in [0.2, 0.25) is 0 Å². The first-order valence-corrected chi connectivity index (χ1v) is 7.91. The summed E-state index contributed by atoms with van der Waals surface area (Å²) < 4.78 is 11.6. The van der Waals surface area contributed by atoms with Gasteiger partial charge >= 0.3 is 0 Å². The fourth-order valence-electron chi connectivity index (χ4n) is 3.58. The molecular formula is C15H26N2O3. The van der Waals surface area contributed by atoms with Gasteiger partial charge in [0.2, 0.25) is 5.91 Å². The summed E-state index contributed by atoms with van der Waals surface area (Å²) in [4.78, 5) is 16.6. The number of hydrogen-bond acceptors (Lipinski definition) is 4. The van der Waals surface area contributed by atoms with Crippen molar-refractivity contribution in [1.82, 2.24) is 9.80 Å². The molecule has 3 fully saturated rings. The summed E-state index contributed by atoms with van der Waals surface area (Å²) in [6.45, 7) is 9.14. The molecule has 0 saturated carbocycles. The number of carbonyl (C=O) groups is 1. The molecule has 3 aliphatic rings. The molecule has 20 heavy (non-hydrogen) atoms. The topological polar surface area (TPSA) is 42.0 Å². The molecule has 0 aromatic rings. The molecule has 5 heteroatoms. The molecule has 1 amide bonds. The molecule has 0 N–H and O–H groups in total. The summed E-state index contributed by atoms with van der Waals surface area (Å²) in [5.41, 5.74) is 0. The molecule has 0 aliphatic carbocycles. The predicted molar refractivity (Wildman–Crippen MR) is 75.5 cm³/mol. The van der Waals surface area contributed by atoms with E-state index in [-0.39, 0.29) is 17.9 Å². The van der Waals surface area contributed by atoms with Gasteiger partial charge in [-0.25, -0.2) is 0 Å². The van der Waals surface area contributed by atoms with Crippen LogP contribution < -0.4 is 0 Å². The molecule has 114 valence electrons. The van der Waals surface area contributed by atoms with E-state index in [1.165, 1.54) is 12.8 Å². The maximum atomic E-state index is 12.2. The van der Waals surface area contributed by atoms with Crippen molar-refractivity contribution < 1.29 is 14.3 Å². The maximum Gasteiger partial charge on any atom is 0.225 e. The van der Waals surface area contributed by atoms with E-state index in [0.717, 1.165) is 39.4 Å². The highest BCUT2D eigenvalue weighted by molar-refractivity contribution is 5.78. The average molecular weight is 282 g/mol. The zero-order valence-corrected chi connectivity index (χ0v) is 12.6. The van der Waals surface area contributed by atoms with Crippen LogP contribution in [0.15, 0.2) is 0 Å². The Morgan fingerprint density at radius 3 is 2.80 bits per heavy atom. The Labute approximate surface area is 121 Å². The lowest BCUT2D eigenvalue weighted by Crippen LogP contribution is -2.52. The highest BCUT2D eigenvalue weighted by atomic mass is 16.5. The summed E-state index contributed by atoms with van der Waals surface area (Å²) in [6.07, 6.45) is 2.92. The Morgan fingerprint density at radius 2 is 2.10 bits per heavy atom. The Morgan fingerprint density at radius 1 is 1.25 bits per heavy atom. The van der Waals surface area contributed by atoms with Crippen LogP contribution in [0.1, 0.15) is 26.7 Å². The van der Waals surface area contributed by atoms with E-state index in [1.54, 1.807) is 0 Å². The fraction of sp³-hybridized carbons (Fsp3) is 0.933. The Kier molecular flexibility index (Phi) is 4.29. The van der Waals surface area contributed by atoms with Crippen molar-refractivity contribution in [3.8, 4) is 0 Å². The number of nitrogens with zero attached hydrogens (tertiary/aromatic N) is 2. The summed E-state index contributed by atoms with van der Waals surface area (Å²) in [6, 6.07) is 0.357. The van der Waals surface area contributed by atoms with Crippen molar-refractivity contribution in [2.75, 3.05) is 39.4 Å². The van der Waals surface area contributed by atoms with Gasteiger partial charge in [0.25, 0.3) is 0 Å². The molecule has 3 saturated heterocycles. The zero-order chi connectivity index (χ0) is 14.1. The first-order chi connectivity index (χ1) is 9.65. The molecule has 3 atom stereocenters. The lowest BCUT2D eigenvalue weighted by Gasteiger charge is -2.37.